The van der Waals surface area contributed by atoms with Crippen molar-refractivity contribution in [2.45, 2.75) is 86.3 Å². The molecule has 0 spiro atoms. The van der Waals surface area contributed by atoms with Gasteiger partial charge < -0.3 is 25.0 Å². The quantitative estimate of drug-likeness (QED) is 0.210. The molecule has 0 aliphatic carbocycles. The molecule has 1 aromatic carbocycles. The van der Waals surface area contributed by atoms with Crippen molar-refractivity contribution in [2.75, 3.05) is 6.61 Å². The van der Waals surface area contributed by atoms with Gasteiger partial charge in [-0.3, -0.25) is 4.79 Å². The molecule has 8 nitrogen and oxygen atoms in total. The van der Waals surface area contributed by atoms with Crippen LogP contribution in [0.1, 0.15) is 75.2 Å². The van der Waals surface area contributed by atoms with Gasteiger partial charge in [0, 0.05) is 9.49 Å². The lowest BCUT2D eigenvalue weighted by molar-refractivity contribution is -0.166. The molecule has 3 atom stereocenters. The number of amides is 1. The molecule has 3 N–H and O–H groups in total. The van der Waals surface area contributed by atoms with Crippen LogP contribution in [-0.2, 0) is 14.3 Å². The van der Waals surface area contributed by atoms with Crippen LogP contribution < -0.4 is 10.1 Å². The second-order valence-electron chi connectivity index (χ2n) is 12.2. The van der Waals surface area contributed by atoms with Crippen molar-refractivity contribution in [3.8, 4) is 5.75 Å². The Kier molecular flexibility index (Phi) is 10.7. The van der Waals surface area contributed by atoms with Gasteiger partial charge in [-0.1, -0.05) is 41.5 Å². The van der Waals surface area contributed by atoms with Crippen LogP contribution in [-0.4, -0.2) is 46.0 Å². The Hall–Kier alpha value is -2.04. The fourth-order valence-corrected chi connectivity index (χ4v) is 5.07. The van der Waals surface area contributed by atoms with Crippen LogP contribution in [0.15, 0.2) is 24.3 Å². The number of halogens is 1. The Labute approximate surface area is 228 Å². The van der Waals surface area contributed by atoms with Crippen LogP contribution in [0, 0.1) is 26.2 Å². The van der Waals surface area contributed by atoms with E-state index in [-0.39, 0.29) is 13.0 Å². The molecule has 0 fully saturated rings. The highest BCUT2D eigenvalue weighted by molar-refractivity contribution is 14.1. The highest BCUT2D eigenvalue weighted by Crippen LogP contribution is 2.50. The van der Waals surface area contributed by atoms with E-state index in [2.05, 4.69) is 27.9 Å². The summed E-state index contributed by atoms with van der Waals surface area (Å²) in [6.07, 6.45) is -0.342. The van der Waals surface area contributed by atoms with Gasteiger partial charge in [0.25, 0.3) is 0 Å². The van der Waals surface area contributed by atoms with Crippen LogP contribution in [0.3, 0.4) is 0 Å². The summed E-state index contributed by atoms with van der Waals surface area (Å²) in [6, 6.07) is 7.51. The van der Waals surface area contributed by atoms with Crippen LogP contribution in [0.5, 0.6) is 5.75 Å². The van der Waals surface area contributed by atoms with Crippen molar-refractivity contribution < 1.29 is 34.1 Å². The molecule has 1 aromatic rings. The number of alkyl carbamates (subject to hydrolysis) is 1. The van der Waals surface area contributed by atoms with Crippen molar-refractivity contribution in [2.24, 2.45) is 22.7 Å². The van der Waals surface area contributed by atoms with Crippen molar-refractivity contribution in [1.82, 2.24) is 5.32 Å². The minimum absolute atomic E-state index is 0.169. The molecule has 1 rings (SSSR count). The molecule has 0 saturated heterocycles. The number of hydrogen-bond acceptors (Lipinski definition) is 5. The van der Waals surface area contributed by atoms with Gasteiger partial charge >= 0.3 is 18.0 Å². The molecule has 0 aliphatic rings. The highest BCUT2D eigenvalue weighted by Gasteiger charge is 2.62. The van der Waals surface area contributed by atoms with Crippen molar-refractivity contribution >= 4 is 40.6 Å². The van der Waals surface area contributed by atoms with Gasteiger partial charge in [0.2, 0.25) is 0 Å². The molecule has 0 aliphatic heterocycles. The van der Waals surface area contributed by atoms with E-state index in [1.54, 1.807) is 62.3 Å². The molecule has 9 heteroatoms. The van der Waals surface area contributed by atoms with Gasteiger partial charge in [-0.05, 0) is 91.3 Å². The minimum atomic E-state index is -1.94. The molecule has 0 heterocycles. The Balaban J connectivity index is 3.41. The number of carboxylic acid groups (broad SMARTS) is 2. The number of carbonyl (C=O) groups is 3. The molecule has 0 aromatic heterocycles. The number of carboxylic acids is 2. The zero-order chi connectivity index (χ0) is 28.1. The van der Waals surface area contributed by atoms with Gasteiger partial charge in [0.05, 0.1) is 12.5 Å². The second kappa shape index (κ2) is 12.0. The molecule has 1 amide bonds. The van der Waals surface area contributed by atoms with Crippen LogP contribution in [0.25, 0.3) is 0 Å². The third kappa shape index (κ3) is 8.52. The summed E-state index contributed by atoms with van der Waals surface area (Å²) in [4.78, 5) is 38.6. The summed E-state index contributed by atoms with van der Waals surface area (Å²) < 4.78 is 12.3. The minimum Gasteiger partial charge on any atom is -0.494 e. The Bertz CT molecular complexity index is 910. The number of carbonyl (C=O) groups excluding carboxylic acids is 1. The van der Waals surface area contributed by atoms with Gasteiger partial charge in [-0.25, -0.2) is 9.59 Å². The van der Waals surface area contributed by atoms with Gasteiger partial charge in [0.1, 0.15) is 16.9 Å². The summed E-state index contributed by atoms with van der Waals surface area (Å²) in [7, 11) is 0. The van der Waals surface area contributed by atoms with E-state index in [1.807, 2.05) is 24.3 Å². The van der Waals surface area contributed by atoms with Crippen LogP contribution in [0.2, 0.25) is 0 Å². The number of rotatable bonds is 10. The molecule has 0 radical (unpaired) electrons. The fraction of sp³-hybridized carbons (Fsp3) is 0.667. The molecular formula is C27H42INO7. The number of ether oxygens (including phenoxy) is 2. The zero-order valence-corrected chi connectivity index (χ0v) is 25.1. The lowest BCUT2D eigenvalue weighted by Gasteiger charge is -2.53. The Morgan fingerprint density at radius 2 is 1.47 bits per heavy atom. The molecule has 204 valence electrons. The van der Waals surface area contributed by atoms with E-state index in [9.17, 15) is 24.6 Å². The topological polar surface area (TPSA) is 122 Å². The highest BCUT2D eigenvalue weighted by atomic mass is 127. The number of hydrogen-bond donors (Lipinski definition) is 3. The number of benzene rings is 1. The first-order chi connectivity index (χ1) is 16.2. The van der Waals surface area contributed by atoms with Gasteiger partial charge in [-0.2, -0.15) is 0 Å². The maximum absolute atomic E-state index is 13.0. The second-order valence-corrected chi connectivity index (χ2v) is 13.5. The van der Waals surface area contributed by atoms with E-state index in [1.165, 1.54) is 0 Å². The summed E-state index contributed by atoms with van der Waals surface area (Å²) in [5.41, 5.74) is -4.66. The SMILES string of the molecule is CC(C)(C)OC(=O)N[C@@](C(=O)O)(C([C@H](CCCOc1ccc(I)cc1)C(=O)O)C(C)(C)C)C(C)(C)C. The van der Waals surface area contributed by atoms with E-state index in [0.717, 1.165) is 3.57 Å². The average Bonchev–Trinajstić information content (AvgIpc) is 2.66. The maximum Gasteiger partial charge on any atom is 0.408 e. The predicted molar refractivity (Wildman–Crippen MR) is 147 cm³/mol. The molecule has 0 bridgehead atoms. The van der Waals surface area contributed by atoms with Crippen molar-refractivity contribution in [1.29, 1.82) is 0 Å². The monoisotopic (exact) mass is 619 g/mol. The summed E-state index contributed by atoms with van der Waals surface area (Å²) in [5, 5.41) is 23.6. The first kappa shape index (κ1) is 32.0. The zero-order valence-electron chi connectivity index (χ0n) is 22.9. The smallest absolute Gasteiger partial charge is 0.408 e. The van der Waals surface area contributed by atoms with E-state index >= 15 is 0 Å². The normalized spacial score (nSPS) is 15.8. The summed E-state index contributed by atoms with van der Waals surface area (Å²) in [6.45, 7) is 15.8. The molecular weight excluding hydrogens is 577 g/mol. The third-order valence-electron chi connectivity index (χ3n) is 6.08. The van der Waals surface area contributed by atoms with Gasteiger partial charge in [-0.15, -0.1) is 0 Å². The van der Waals surface area contributed by atoms with Gasteiger partial charge in [0.15, 0.2) is 0 Å². The average molecular weight is 620 g/mol. The van der Waals surface area contributed by atoms with E-state index in [4.69, 9.17) is 9.47 Å². The number of nitrogens with one attached hydrogen (secondary N) is 1. The van der Waals surface area contributed by atoms with Crippen molar-refractivity contribution in [3.63, 3.8) is 0 Å². The van der Waals surface area contributed by atoms with Crippen molar-refractivity contribution in [3.05, 3.63) is 27.8 Å². The van der Waals surface area contributed by atoms with E-state index < -0.39 is 51.8 Å². The standard InChI is InChI=1S/C27H42INO7/c1-24(2,3)20(19(21(30)31)11-10-16-35-18-14-12-17(28)13-15-18)27(22(32)33,25(4,5)6)29-23(34)36-26(7,8)9/h12-15,19-20H,10-11,16H2,1-9H3,(H,29,34)(H,30,31)(H,32,33)/t19-,20?,27+/m0/s1. The van der Waals surface area contributed by atoms with Crippen LogP contribution in [0.4, 0.5) is 4.79 Å². The molecule has 36 heavy (non-hydrogen) atoms. The fourth-order valence-electron chi connectivity index (χ4n) is 4.72. The van der Waals surface area contributed by atoms with Crippen LogP contribution >= 0.6 is 22.6 Å². The largest absolute Gasteiger partial charge is 0.494 e. The lowest BCUT2D eigenvalue weighted by atomic mass is 9.54. The molecule has 1 unspecified atom stereocenters. The Morgan fingerprint density at radius 1 is 0.944 bits per heavy atom. The first-order valence-corrected chi connectivity index (χ1v) is 13.2. The Morgan fingerprint density at radius 3 is 1.86 bits per heavy atom. The lowest BCUT2D eigenvalue weighted by Crippen LogP contribution is -2.71. The summed E-state index contributed by atoms with van der Waals surface area (Å²) >= 11 is 2.20. The maximum atomic E-state index is 13.0. The predicted octanol–water partition coefficient (Wildman–Crippen LogP) is 6.21. The molecule has 0 saturated carbocycles. The third-order valence-corrected chi connectivity index (χ3v) is 6.80. The van der Waals surface area contributed by atoms with E-state index in [0.29, 0.717) is 12.2 Å². The summed E-state index contributed by atoms with van der Waals surface area (Å²) in [5.74, 6) is -3.80. The number of aliphatic carboxylic acids is 2. The first-order valence-electron chi connectivity index (χ1n) is 12.1.